The van der Waals surface area contributed by atoms with Crippen molar-refractivity contribution >= 4 is 5.91 Å². The number of rotatable bonds is 2. The van der Waals surface area contributed by atoms with E-state index in [4.69, 9.17) is 0 Å². The summed E-state index contributed by atoms with van der Waals surface area (Å²) in [5, 5.41) is 0. The fraction of sp³-hybridized carbons (Fsp3) is 0.588. The van der Waals surface area contributed by atoms with E-state index in [1.165, 1.54) is 18.0 Å². The summed E-state index contributed by atoms with van der Waals surface area (Å²) in [6, 6.07) is 2.65. The maximum atomic E-state index is 13.7. The van der Waals surface area contributed by atoms with E-state index in [0.29, 0.717) is 18.5 Å². The van der Waals surface area contributed by atoms with Gasteiger partial charge in [0.05, 0.1) is 5.56 Å². The molecule has 1 fully saturated rings. The molecule has 0 spiro atoms. The van der Waals surface area contributed by atoms with Gasteiger partial charge in [0.2, 0.25) is 0 Å². The van der Waals surface area contributed by atoms with Gasteiger partial charge in [0.15, 0.2) is 0 Å². The number of alkyl halides is 4. The maximum absolute atomic E-state index is 13.7. The number of nitrogens with zero attached hydrogens (tertiary/aromatic N) is 2. The Bertz CT molecular complexity index is 644. The largest absolute Gasteiger partial charge is 0.416 e. The summed E-state index contributed by atoms with van der Waals surface area (Å²) in [6.45, 7) is 1.09. The molecule has 0 radical (unpaired) electrons. The Labute approximate surface area is 138 Å². The van der Waals surface area contributed by atoms with Gasteiger partial charge in [-0.15, -0.1) is 0 Å². The molecule has 1 aromatic carbocycles. The molecule has 1 unspecified atom stereocenters. The summed E-state index contributed by atoms with van der Waals surface area (Å²) in [6.07, 6.45) is -3.33. The number of likely N-dealkylation sites (tertiary alicyclic amines) is 1. The molecular weight excluding hydrogens is 324 g/mol. The van der Waals surface area contributed by atoms with E-state index in [0.717, 1.165) is 18.9 Å². The summed E-state index contributed by atoms with van der Waals surface area (Å²) in [4.78, 5) is 15.2. The minimum absolute atomic E-state index is 0.0282. The van der Waals surface area contributed by atoms with Crippen LogP contribution >= 0.6 is 0 Å². The van der Waals surface area contributed by atoms with Crippen LogP contribution in [-0.2, 0) is 19.3 Å². The van der Waals surface area contributed by atoms with Crippen LogP contribution in [0.5, 0.6) is 0 Å². The second-order valence-electron chi connectivity index (χ2n) is 6.66. The third kappa shape index (κ3) is 3.41. The van der Waals surface area contributed by atoms with Crippen molar-refractivity contribution in [1.29, 1.82) is 0 Å². The Morgan fingerprint density at radius 3 is 2.71 bits per heavy atom. The predicted octanol–water partition coefficient (Wildman–Crippen LogP) is 3.62. The Hall–Kier alpha value is -1.63. The van der Waals surface area contributed by atoms with Crippen LogP contribution in [0.2, 0.25) is 0 Å². The summed E-state index contributed by atoms with van der Waals surface area (Å²) in [5.41, 5.74) is -0.176. The summed E-state index contributed by atoms with van der Waals surface area (Å²) >= 11 is 0. The number of fused-ring (bicyclic) bond motifs is 1. The number of amides is 1. The van der Waals surface area contributed by atoms with Gasteiger partial charge >= 0.3 is 6.18 Å². The molecular formula is C17H20F4N2O. The van der Waals surface area contributed by atoms with Gasteiger partial charge in [-0.25, -0.2) is 4.39 Å². The van der Waals surface area contributed by atoms with E-state index in [2.05, 4.69) is 0 Å². The second-order valence-corrected chi connectivity index (χ2v) is 6.66. The van der Waals surface area contributed by atoms with Crippen LogP contribution in [0.4, 0.5) is 17.6 Å². The molecule has 1 amide bonds. The molecule has 0 bridgehead atoms. The van der Waals surface area contributed by atoms with E-state index in [1.807, 2.05) is 4.90 Å². The first-order valence-electron chi connectivity index (χ1n) is 8.10. The highest BCUT2D eigenvalue weighted by Gasteiger charge is 2.39. The lowest BCUT2D eigenvalue weighted by molar-refractivity contribution is -0.138. The molecule has 24 heavy (non-hydrogen) atoms. The number of hydrogen-bond acceptors (Lipinski definition) is 2. The molecule has 0 aliphatic carbocycles. The third-order valence-electron chi connectivity index (χ3n) is 4.69. The third-order valence-corrected chi connectivity index (χ3v) is 4.69. The van der Waals surface area contributed by atoms with Crippen molar-refractivity contribution in [2.75, 3.05) is 20.1 Å². The molecule has 0 aromatic heterocycles. The molecule has 1 atom stereocenters. The Morgan fingerprint density at radius 2 is 2.00 bits per heavy atom. The summed E-state index contributed by atoms with van der Waals surface area (Å²) in [7, 11) is 1.49. The van der Waals surface area contributed by atoms with Gasteiger partial charge in [0.25, 0.3) is 5.91 Å². The number of carbonyl (C=O) groups excluding carboxylic acids is 1. The summed E-state index contributed by atoms with van der Waals surface area (Å²) in [5.74, 6) is -0.392. The fourth-order valence-corrected chi connectivity index (χ4v) is 3.52. The lowest BCUT2D eigenvalue weighted by Gasteiger charge is -2.22. The Kier molecular flexibility index (Phi) is 4.55. The smallest absolute Gasteiger partial charge is 0.337 e. The summed E-state index contributed by atoms with van der Waals surface area (Å²) < 4.78 is 53.9. The monoisotopic (exact) mass is 344 g/mol. The van der Waals surface area contributed by atoms with E-state index in [-0.39, 0.29) is 30.8 Å². The van der Waals surface area contributed by atoms with E-state index < -0.39 is 23.8 Å². The zero-order chi connectivity index (χ0) is 17.5. The highest BCUT2D eigenvalue weighted by Crippen LogP contribution is 2.38. The second kappa shape index (κ2) is 6.35. The van der Waals surface area contributed by atoms with Crippen LogP contribution in [0, 0.1) is 0 Å². The van der Waals surface area contributed by atoms with Crippen LogP contribution in [0.15, 0.2) is 12.1 Å². The highest BCUT2D eigenvalue weighted by molar-refractivity contribution is 5.98. The number of carbonyl (C=O) groups is 1. The van der Waals surface area contributed by atoms with Gasteiger partial charge in [-0.3, -0.25) is 9.69 Å². The van der Waals surface area contributed by atoms with Crippen molar-refractivity contribution in [3.8, 4) is 0 Å². The Balaban J connectivity index is 1.93. The SMILES string of the molecule is CN1Cc2c(cc(CN3CCCCC(F)C3)cc2C(F)(F)F)C1=O. The molecule has 2 aliphatic rings. The lowest BCUT2D eigenvalue weighted by Crippen LogP contribution is -2.29. The van der Waals surface area contributed by atoms with Crippen LogP contribution in [-0.4, -0.2) is 42.0 Å². The van der Waals surface area contributed by atoms with Crippen LogP contribution in [0.25, 0.3) is 0 Å². The van der Waals surface area contributed by atoms with Crippen molar-refractivity contribution < 1.29 is 22.4 Å². The molecule has 1 saturated heterocycles. The molecule has 7 heteroatoms. The average molecular weight is 344 g/mol. The van der Waals surface area contributed by atoms with E-state index >= 15 is 0 Å². The van der Waals surface area contributed by atoms with Crippen molar-refractivity contribution in [2.24, 2.45) is 0 Å². The first kappa shape index (κ1) is 17.2. The van der Waals surface area contributed by atoms with Gasteiger partial charge in [-0.2, -0.15) is 13.2 Å². The first-order valence-corrected chi connectivity index (χ1v) is 8.10. The quantitative estimate of drug-likeness (QED) is 0.765. The number of benzene rings is 1. The zero-order valence-corrected chi connectivity index (χ0v) is 13.5. The van der Waals surface area contributed by atoms with Gasteiger partial charge in [-0.05, 0) is 49.1 Å². The van der Waals surface area contributed by atoms with Gasteiger partial charge in [0, 0.05) is 32.2 Å². The van der Waals surface area contributed by atoms with Crippen LogP contribution in [0.1, 0.15) is 46.3 Å². The standard InChI is InChI=1S/C17H20F4N2O/c1-22-10-14-13(16(22)24)6-11(7-15(14)17(19,20)21)8-23-5-3-2-4-12(18)9-23/h6-7,12H,2-5,8-10H2,1H3. The van der Waals surface area contributed by atoms with Gasteiger partial charge in [0.1, 0.15) is 6.17 Å². The molecule has 0 N–H and O–H groups in total. The van der Waals surface area contributed by atoms with Crippen molar-refractivity contribution in [3.05, 3.63) is 34.4 Å². The van der Waals surface area contributed by atoms with E-state index in [9.17, 15) is 22.4 Å². The van der Waals surface area contributed by atoms with Gasteiger partial charge in [-0.1, -0.05) is 0 Å². The topological polar surface area (TPSA) is 23.6 Å². The van der Waals surface area contributed by atoms with E-state index in [1.54, 1.807) is 0 Å². The number of halogens is 4. The predicted molar refractivity (Wildman–Crippen MR) is 81.3 cm³/mol. The first-order chi connectivity index (χ1) is 11.3. The Morgan fingerprint density at radius 1 is 1.25 bits per heavy atom. The van der Waals surface area contributed by atoms with Crippen LogP contribution in [0.3, 0.4) is 0 Å². The molecule has 1 aromatic rings. The van der Waals surface area contributed by atoms with Crippen molar-refractivity contribution in [1.82, 2.24) is 9.80 Å². The van der Waals surface area contributed by atoms with Crippen molar-refractivity contribution in [3.63, 3.8) is 0 Å². The minimum atomic E-state index is -4.51. The molecule has 2 aliphatic heterocycles. The van der Waals surface area contributed by atoms with Crippen LogP contribution < -0.4 is 0 Å². The molecule has 0 saturated carbocycles. The molecule has 3 nitrogen and oxygen atoms in total. The molecule has 2 heterocycles. The normalized spacial score (nSPS) is 22.6. The average Bonchev–Trinajstić information content (AvgIpc) is 2.66. The maximum Gasteiger partial charge on any atom is 0.416 e. The lowest BCUT2D eigenvalue weighted by atomic mass is 9.98. The molecule has 132 valence electrons. The van der Waals surface area contributed by atoms with Crippen molar-refractivity contribution in [2.45, 2.75) is 44.7 Å². The molecule has 3 rings (SSSR count). The number of hydrogen-bond donors (Lipinski definition) is 0. The zero-order valence-electron chi connectivity index (χ0n) is 13.5. The fourth-order valence-electron chi connectivity index (χ4n) is 3.52. The van der Waals surface area contributed by atoms with Gasteiger partial charge < -0.3 is 4.90 Å². The highest BCUT2D eigenvalue weighted by atomic mass is 19.4. The minimum Gasteiger partial charge on any atom is -0.337 e.